The molecule has 1 amide bonds. The third kappa shape index (κ3) is 4.20. The molecule has 7 atom stereocenters. The second-order valence-electron chi connectivity index (χ2n) is 13.3. The molecule has 4 fully saturated rings. The summed E-state index contributed by atoms with van der Waals surface area (Å²) in [6, 6.07) is 0. The standard InChI is InChI=1S/C28H45NO6/c1-17(2)8-11-28-13-20(28)27(28,6)22-21(34-7)19(9-10-26(22,5)16-30)35-24(33)29-14-18(15-29)12-25(3,4)23(31)32/h8,18-22,30H,9-16H2,1-7H3,(H,31,32)/t19-,20?,21-,22+,26-,27-,28?/m1/s1. The molecule has 198 valence electrons. The van der Waals surface area contributed by atoms with E-state index in [-0.39, 0.29) is 53.0 Å². The number of amides is 1. The molecule has 0 aromatic heterocycles. The van der Waals surface area contributed by atoms with Crippen molar-refractivity contribution in [1.82, 2.24) is 4.90 Å². The van der Waals surface area contributed by atoms with E-state index in [0.717, 1.165) is 12.8 Å². The normalized spacial score (nSPS) is 40.4. The van der Waals surface area contributed by atoms with Crippen LogP contribution < -0.4 is 0 Å². The number of aliphatic hydroxyl groups excluding tert-OH is 1. The highest BCUT2D eigenvalue weighted by molar-refractivity contribution is 5.73. The summed E-state index contributed by atoms with van der Waals surface area (Å²) in [7, 11) is 1.70. The van der Waals surface area contributed by atoms with Crippen LogP contribution in [0.2, 0.25) is 0 Å². The van der Waals surface area contributed by atoms with Crippen molar-refractivity contribution in [1.29, 1.82) is 0 Å². The number of allylic oxidation sites excluding steroid dienone is 2. The van der Waals surface area contributed by atoms with E-state index in [2.05, 4.69) is 33.8 Å². The van der Waals surface area contributed by atoms with Gasteiger partial charge in [-0.15, -0.1) is 0 Å². The summed E-state index contributed by atoms with van der Waals surface area (Å²) in [5.74, 6) is 0.121. The summed E-state index contributed by atoms with van der Waals surface area (Å²) in [6.45, 7) is 13.4. The Bertz CT molecular complexity index is 890. The predicted octanol–water partition coefficient (Wildman–Crippen LogP) is 4.73. The van der Waals surface area contributed by atoms with Gasteiger partial charge in [0, 0.05) is 32.7 Å². The van der Waals surface area contributed by atoms with E-state index < -0.39 is 11.4 Å². The van der Waals surface area contributed by atoms with Crippen LogP contribution in [0, 0.1) is 39.4 Å². The molecule has 2 unspecified atom stereocenters. The van der Waals surface area contributed by atoms with E-state index in [9.17, 15) is 19.8 Å². The first-order chi connectivity index (χ1) is 16.3. The van der Waals surface area contributed by atoms with Gasteiger partial charge in [0.25, 0.3) is 0 Å². The summed E-state index contributed by atoms with van der Waals surface area (Å²) in [5.41, 5.74) is 0.633. The Hall–Kier alpha value is -1.60. The number of fused-ring (bicyclic) bond motifs is 1. The lowest BCUT2D eigenvalue weighted by atomic mass is 9.56. The number of likely N-dealkylation sites (tertiary alicyclic amines) is 1. The Balaban J connectivity index is 1.43. The van der Waals surface area contributed by atoms with Crippen molar-refractivity contribution >= 4 is 12.1 Å². The Kier molecular flexibility index (Phi) is 6.62. The van der Waals surface area contributed by atoms with Crippen LogP contribution in [0.25, 0.3) is 0 Å². The Morgan fingerprint density at radius 1 is 1.20 bits per heavy atom. The molecule has 1 heterocycles. The molecular formula is C28H45NO6. The monoisotopic (exact) mass is 491 g/mol. The molecule has 4 rings (SSSR count). The third-order valence-corrected chi connectivity index (χ3v) is 10.2. The van der Waals surface area contributed by atoms with E-state index in [1.807, 2.05) is 0 Å². The molecule has 1 saturated heterocycles. The fraction of sp³-hybridized carbons (Fsp3) is 0.857. The van der Waals surface area contributed by atoms with Crippen LogP contribution in [0.5, 0.6) is 0 Å². The first kappa shape index (κ1) is 26.5. The van der Waals surface area contributed by atoms with Crippen LogP contribution in [-0.4, -0.2) is 66.2 Å². The topological polar surface area (TPSA) is 96.3 Å². The van der Waals surface area contributed by atoms with Gasteiger partial charge in [-0.2, -0.15) is 0 Å². The Morgan fingerprint density at radius 2 is 1.86 bits per heavy atom. The molecule has 35 heavy (non-hydrogen) atoms. The summed E-state index contributed by atoms with van der Waals surface area (Å²) in [5, 5.41) is 19.8. The number of rotatable bonds is 9. The number of carbonyl (C=O) groups is 2. The highest BCUT2D eigenvalue weighted by atomic mass is 16.6. The number of carbonyl (C=O) groups excluding carboxylic acids is 1. The molecule has 4 aliphatic rings. The molecule has 0 radical (unpaired) electrons. The number of hydrogen-bond acceptors (Lipinski definition) is 5. The van der Waals surface area contributed by atoms with Gasteiger partial charge in [-0.05, 0) is 87.9 Å². The number of nitrogens with zero attached hydrogens (tertiary/aromatic N) is 1. The van der Waals surface area contributed by atoms with Crippen LogP contribution in [0.15, 0.2) is 11.6 Å². The van der Waals surface area contributed by atoms with E-state index in [1.165, 1.54) is 12.0 Å². The van der Waals surface area contributed by atoms with Gasteiger partial charge in [-0.25, -0.2) is 4.79 Å². The number of methoxy groups -OCH3 is 1. The van der Waals surface area contributed by atoms with Crippen molar-refractivity contribution in [2.75, 3.05) is 26.8 Å². The molecule has 3 saturated carbocycles. The second kappa shape index (κ2) is 8.76. The van der Waals surface area contributed by atoms with Crippen molar-refractivity contribution in [2.45, 2.75) is 85.9 Å². The number of aliphatic hydroxyl groups is 1. The van der Waals surface area contributed by atoms with Crippen molar-refractivity contribution in [3.63, 3.8) is 0 Å². The highest BCUT2D eigenvalue weighted by Crippen LogP contribution is 2.93. The van der Waals surface area contributed by atoms with Crippen LogP contribution in [0.4, 0.5) is 4.79 Å². The van der Waals surface area contributed by atoms with Gasteiger partial charge in [-0.1, -0.05) is 25.5 Å². The zero-order valence-electron chi connectivity index (χ0n) is 22.6. The number of carboxylic acids is 1. The average molecular weight is 492 g/mol. The molecule has 3 aliphatic carbocycles. The largest absolute Gasteiger partial charge is 0.481 e. The number of hydrogen-bond donors (Lipinski definition) is 2. The van der Waals surface area contributed by atoms with Gasteiger partial charge in [0.2, 0.25) is 0 Å². The third-order valence-electron chi connectivity index (χ3n) is 10.2. The minimum absolute atomic E-state index is 0.0758. The first-order valence-electron chi connectivity index (χ1n) is 13.2. The average Bonchev–Trinajstić information content (AvgIpc) is 3.63. The van der Waals surface area contributed by atoms with E-state index in [1.54, 1.807) is 25.9 Å². The molecule has 0 bridgehead atoms. The van der Waals surface area contributed by atoms with Crippen molar-refractivity contribution in [3.8, 4) is 0 Å². The van der Waals surface area contributed by atoms with Crippen molar-refractivity contribution in [3.05, 3.63) is 11.6 Å². The van der Waals surface area contributed by atoms with Crippen LogP contribution in [0.3, 0.4) is 0 Å². The maximum atomic E-state index is 13.0. The van der Waals surface area contributed by atoms with Gasteiger partial charge >= 0.3 is 12.1 Å². The van der Waals surface area contributed by atoms with E-state index in [4.69, 9.17) is 9.47 Å². The minimum Gasteiger partial charge on any atom is -0.481 e. The molecule has 7 nitrogen and oxygen atoms in total. The Morgan fingerprint density at radius 3 is 2.37 bits per heavy atom. The van der Waals surface area contributed by atoms with E-state index in [0.29, 0.717) is 31.8 Å². The molecular weight excluding hydrogens is 446 g/mol. The molecule has 1 aliphatic heterocycles. The number of ether oxygens (including phenoxy) is 2. The maximum Gasteiger partial charge on any atom is 0.410 e. The first-order valence-corrected chi connectivity index (χ1v) is 13.2. The molecule has 0 aromatic rings. The summed E-state index contributed by atoms with van der Waals surface area (Å²) in [6.07, 6.45) is 5.71. The highest BCUT2D eigenvalue weighted by Gasteiger charge is 2.89. The van der Waals surface area contributed by atoms with Gasteiger partial charge in [0.15, 0.2) is 0 Å². The second-order valence-corrected chi connectivity index (χ2v) is 13.3. The SMILES string of the molecule is CO[C@@H]1[C@H](OC(=O)N2CC(CC(C)(C)C(=O)O)C2)CC[C@](C)(CO)[C@H]1[C@@]1(C)C2CC21CC=C(C)C. The van der Waals surface area contributed by atoms with Gasteiger partial charge in [-0.3, -0.25) is 4.79 Å². The predicted molar refractivity (Wildman–Crippen MR) is 133 cm³/mol. The van der Waals surface area contributed by atoms with Gasteiger partial charge in [0.1, 0.15) is 6.10 Å². The fourth-order valence-electron chi connectivity index (χ4n) is 7.79. The summed E-state index contributed by atoms with van der Waals surface area (Å²) >= 11 is 0. The molecule has 0 aromatic carbocycles. The summed E-state index contributed by atoms with van der Waals surface area (Å²) < 4.78 is 12.1. The molecule has 7 heteroatoms. The van der Waals surface area contributed by atoms with Crippen LogP contribution in [-0.2, 0) is 14.3 Å². The fourth-order valence-corrected chi connectivity index (χ4v) is 7.79. The lowest BCUT2D eigenvalue weighted by Crippen LogP contribution is -2.58. The van der Waals surface area contributed by atoms with Crippen molar-refractivity contribution < 1.29 is 29.3 Å². The molecule has 2 N–H and O–H groups in total. The quantitative estimate of drug-likeness (QED) is 0.453. The Labute approximate surface area is 210 Å². The summed E-state index contributed by atoms with van der Waals surface area (Å²) in [4.78, 5) is 26.1. The van der Waals surface area contributed by atoms with E-state index >= 15 is 0 Å². The molecule has 0 spiro atoms. The smallest absolute Gasteiger partial charge is 0.410 e. The zero-order valence-corrected chi connectivity index (χ0v) is 22.6. The number of carboxylic acid groups (broad SMARTS) is 1. The lowest BCUT2D eigenvalue weighted by molar-refractivity contribution is -0.166. The van der Waals surface area contributed by atoms with Gasteiger partial charge in [0.05, 0.1) is 11.5 Å². The number of aliphatic carboxylic acids is 1. The lowest BCUT2D eigenvalue weighted by Gasteiger charge is -2.53. The van der Waals surface area contributed by atoms with Crippen LogP contribution >= 0.6 is 0 Å². The van der Waals surface area contributed by atoms with Gasteiger partial charge < -0.3 is 24.6 Å². The maximum absolute atomic E-state index is 13.0. The van der Waals surface area contributed by atoms with Crippen molar-refractivity contribution in [2.24, 2.45) is 39.4 Å². The van der Waals surface area contributed by atoms with Crippen LogP contribution in [0.1, 0.15) is 73.6 Å². The minimum atomic E-state index is -0.810. The zero-order chi connectivity index (χ0) is 26.0.